The lowest BCUT2D eigenvalue weighted by Crippen LogP contribution is -2.26. The minimum atomic E-state index is 0.716. The van der Waals surface area contributed by atoms with Crippen LogP contribution in [-0.2, 0) is 0 Å². The molecule has 6 atom stereocenters. The van der Waals surface area contributed by atoms with Gasteiger partial charge in [0.2, 0.25) is 0 Å². The van der Waals surface area contributed by atoms with Gasteiger partial charge in [-0.3, -0.25) is 0 Å². The van der Waals surface area contributed by atoms with Crippen LogP contribution in [0, 0.1) is 35.5 Å². The van der Waals surface area contributed by atoms with E-state index < -0.39 is 0 Å². The van der Waals surface area contributed by atoms with Gasteiger partial charge < -0.3 is 0 Å². The number of allylic oxidation sites excluding steroid dienone is 4. The van der Waals surface area contributed by atoms with E-state index in [1.165, 1.54) is 19.3 Å². The van der Waals surface area contributed by atoms with Gasteiger partial charge in [0.15, 0.2) is 0 Å². The fourth-order valence-corrected chi connectivity index (χ4v) is 4.26. The van der Waals surface area contributed by atoms with E-state index in [0.717, 1.165) is 29.6 Å². The van der Waals surface area contributed by atoms with E-state index in [4.69, 9.17) is 0 Å². The summed E-state index contributed by atoms with van der Waals surface area (Å²) < 4.78 is 0. The summed E-state index contributed by atoms with van der Waals surface area (Å²) in [6, 6.07) is 0. The van der Waals surface area contributed by atoms with Crippen molar-refractivity contribution in [3.05, 3.63) is 23.8 Å². The Morgan fingerprint density at radius 3 is 2.56 bits per heavy atom. The van der Waals surface area contributed by atoms with Crippen molar-refractivity contribution in [2.45, 2.75) is 53.9 Å². The molecule has 0 radical (unpaired) electrons. The molecule has 0 saturated carbocycles. The van der Waals surface area contributed by atoms with E-state index in [-0.39, 0.29) is 0 Å². The zero-order valence-electron chi connectivity index (χ0n) is 12.8. The van der Waals surface area contributed by atoms with E-state index in [9.17, 15) is 0 Å². The molecule has 0 heteroatoms. The van der Waals surface area contributed by atoms with Gasteiger partial charge in [0, 0.05) is 0 Å². The molecule has 2 aliphatic carbocycles. The SMILES string of the molecule is CCC1CC(C)C=CC(C)C2C=C(C)CC2C1C. The third-order valence-corrected chi connectivity index (χ3v) is 5.50. The van der Waals surface area contributed by atoms with E-state index in [0.29, 0.717) is 5.92 Å². The summed E-state index contributed by atoms with van der Waals surface area (Å²) >= 11 is 0. The molecule has 0 amide bonds. The standard InChI is InChI=1S/C18H30/c1-6-16-9-12(2)7-8-14(4)17-10-13(3)11-18(17)15(16)5/h7-8,10,12,14-18H,6,9,11H2,1-5H3. The van der Waals surface area contributed by atoms with Crippen molar-refractivity contribution >= 4 is 0 Å². The summed E-state index contributed by atoms with van der Waals surface area (Å²) in [6.07, 6.45) is 11.6. The molecule has 0 spiro atoms. The first-order valence-electron chi connectivity index (χ1n) is 7.88. The van der Waals surface area contributed by atoms with Crippen LogP contribution in [0.3, 0.4) is 0 Å². The van der Waals surface area contributed by atoms with Gasteiger partial charge in [-0.2, -0.15) is 0 Å². The molecule has 2 aliphatic rings. The molecule has 0 fully saturated rings. The van der Waals surface area contributed by atoms with Crippen LogP contribution >= 0.6 is 0 Å². The molecular formula is C18H30. The molecule has 6 unspecified atom stereocenters. The largest absolute Gasteiger partial charge is 0.0854 e. The van der Waals surface area contributed by atoms with Crippen LogP contribution in [0.25, 0.3) is 0 Å². The van der Waals surface area contributed by atoms with Crippen LogP contribution in [0.2, 0.25) is 0 Å². The van der Waals surface area contributed by atoms with Crippen LogP contribution in [0.5, 0.6) is 0 Å². The smallest absolute Gasteiger partial charge is 0.0137 e. The van der Waals surface area contributed by atoms with E-state index in [2.05, 4.69) is 52.8 Å². The monoisotopic (exact) mass is 246 g/mol. The van der Waals surface area contributed by atoms with Gasteiger partial charge in [-0.15, -0.1) is 0 Å². The molecule has 0 aromatic rings. The quantitative estimate of drug-likeness (QED) is 0.539. The van der Waals surface area contributed by atoms with Crippen LogP contribution in [0.15, 0.2) is 23.8 Å². The lowest BCUT2D eigenvalue weighted by atomic mass is 9.71. The van der Waals surface area contributed by atoms with Gasteiger partial charge in [-0.25, -0.2) is 0 Å². The van der Waals surface area contributed by atoms with Crippen molar-refractivity contribution in [1.29, 1.82) is 0 Å². The highest BCUT2D eigenvalue weighted by atomic mass is 14.4. The second-order valence-corrected chi connectivity index (χ2v) is 6.94. The van der Waals surface area contributed by atoms with E-state index >= 15 is 0 Å². The van der Waals surface area contributed by atoms with Crippen LogP contribution in [0.4, 0.5) is 0 Å². The third-order valence-electron chi connectivity index (χ3n) is 5.50. The summed E-state index contributed by atoms with van der Waals surface area (Å²) in [5, 5.41) is 0. The molecule has 0 nitrogen and oxygen atoms in total. The molecule has 0 heterocycles. The average Bonchev–Trinajstić information content (AvgIpc) is 2.74. The molecular weight excluding hydrogens is 216 g/mol. The minimum Gasteiger partial charge on any atom is -0.0854 e. The third kappa shape index (κ3) is 2.73. The van der Waals surface area contributed by atoms with Crippen molar-refractivity contribution in [2.24, 2.45) is 35.5 Å². The lowest BCUT2D eigenvalue weighted by molar-refractivity contribution is 0.175. The first-order chi connectivity index (χ1) is 8.52. The van der Waals surface area contributed by atoms with E-state index in [1.807, 2.05) is 0 Å². The minimum absolute atomic E-state index is 0.716. The fourth-order valence-electron chi connectivity index (χ4n) is 4.26. The Bertz CT molecular complexity index is 336. The molecule has 0 aromatic heterocycles. The molecule has 0 N–H and O–H groups in total. The summed E-state index contributed by atoms with van der Waals surface area (Å²) in [5.74, 6) is 4.92. The van der Waals surface area contributed by atoms with Crippen LogP contribution in [-0.4, -0.2) is 0 Å². The molecule has 102 valence electrons. The highest BCUT2D eigenvalue weighted by Gasteiger charge is 2.36. The normalized spacial score (nSPS) is 44.8. The second kappa shape index (κ2) is 5.63. The Kier molecular flexibility index (Phi) is 4.35. The van der Waals surface area contributed by atoms with Crippen molar-refractivity contribution < 1.29 is 0 Å². The highest BCUT2D eigenvalue weighted by Crippen LogP contribution is 2.45. The molecule has 0 bridgehead atoms. The first kappa shape index (κ1) is 13.9. The zero-order chi connectivity index (χ0) is 13.3. The van der Waals surface area contributed by atoms with Crippen molar-refractivity contribution in [1.82, 2.24) is 0 Å². The van der Waals surface area contributed by atoms with Crippen molar-refractivity contribution in [2.75, 3.05) is 0 Å². The van der Waals surface area contributed by atoms with Gasteiger partial charge in [0.1, 0.15) is 0 Å². The van der Waals surface area contributed by atoms with Crippen molar-refractivity contribution in [3.8, 4) is 0 Å². The number of rotatable bonds is 1. The lowest BCUT2D eigenvalue weighted by Gasteiger charge is -2.33. The molecule has 0 aromatic carbocycles. The first-order valence-corrected chi connectivity index (χ1v) is 7.88. The summed E-state index contributed by atoms with van der Waals surface area (Å²) in [7, 11) is 0. The second-order valence-electron chi connectivity index (χ2n) is 6.94. The van der Waals surface area contributed by atoms with Gasteiger partial charge >= 0.3 is 0 Å². The summed E-state index contributed by atoms with van der Waals surface area (Å²) in [4.78, 5) is 0. The Balaban J connectivity index is 2.27. The predicted molar refractivity (Wildman–Crippen MR) is 80.4 cm³/mol. The fraction of sp³-hybridized carbons (Fsp3) is 0.778. The van der Waals surface area contributed by atoms with Gasteiger partial charge in [-0.1, -0.05) is 57.9 Å². The molecule has 18 heavy (non-hydrogen) atoms. The van der Waals surface area contributed by atoms with Crippen LogP contribution in [0.1, 0.15) is 53.9 Å². The Morgan fingerprint density at radius 1 is 1.17 bits per heavy atom. The predicted octanol–water partition coefficient (Wildman–Crippen LogP) is 5.46. The maximum atomic E-state index is 2.57. The van der Waals surface area contributed by atoms with Gasteiger partial charge in [0.25, 0.3) is 0 Å². The maximum Gasteiger partial charge on any atom is -0.0137 e. The molecule has 0 aliphatic heterocycles. The number of hydrogen-bond acceptors (Lipinski definition) is 0. The number of hydrogen-bond donors (Lipinski definition) is 0. The number of fused-ring (bicyclic) bond motifs is 1. The maximum absolute atomic E-state index is 2.57. The van der Waals surface area contributed by atoms with Crippen molar-refractivity contribution in [3.63, 3.8) is 0 Å². The topological polar surface area (TPSA) is 0 Å². The highest BCUT2D eigenvalue weighted by molar-refractivity contribution is 5.16. The van der Waals surface area contributed by atoms with Crippen LogP contribution < -0.4 is 0 Å². The Labute approximate surface area is 114 Å². The van der Waals surface area contributed by atoms with Gasteiger partial charge in [0.05, 0.1) is 0 Å². The average molecular weight is 246 g/mol. The molecule has 2 rings (SSSR count). The Hall–Kier alpha value is -0.520. The zero-order valence-corrected chi connectivity index (χ0v) is 12.8. The summed E-state index contributed by atoms with van der Waals surface area (Å²) in [6.45, 7) is 12.0. The molecule has 0 saturated heterocycles. The Morgan fingerprint density at radius 2 is 1.89 bits per heavy atom. The summed E-state index contributed by atoms with van der Waals surface area (Å²) in [5.41, 5.74) is 1.63. The van der Waals surface area contributed by atoms with E-state index in [1.54, 1.807) is 5.57 Å². The van der Waals surface area contributed by atoms with Gasteiger partial charge in [-0.05, 0) is 55.3 Å².